The number of aromatic nitrogens is 1. The van der Waals surface area contributed by atoms with Crippen molar-refractivity contribution in [2.24, 2.45) is 4.99 Å². The fourth-order valence-corrected chi connectivity index (χ4v) is 3.12. The fourth-order valence-electron chi connectivity index (χ4n) is 2.41. The monoisotopic (exact) mass is 373 g/mol. The Kier molecular flexibility index (Phi) is 7.59. The summed E-state index contributed by atoms with van der Waals surface area (Å²) >= 11 is 1.67. The lowest BCUT2D eigenvalue weighted by Crippen LogP contribution is -2.38. The Morgan fingerprint density at radius 2 is 2.12 bits per heavy atom. The van der Waals surface area contributed by atoms with E-state index in [-0.39, 0.29) is 5.91 Å². The first-order valence-electron chi connectivity index (χ1n) is 8.73. The average molecular weight is 374 g/mol. The quantitative estimate of drug-likeness (QED) is 0.578. The van der Waals surface area contributed by atoms with E-state index in [2.05, 4.69) is 20.6 Å². The molecule has 0 radical (unpaired) electrons. The molecule has 1 heterocycles. The predicted octanol–water partition coefficient (Wildman–Crippen LogP) is 2.45. The van der Waals surface area contributed by atoms with Crippen LogP contribution in [-0.4, -0.2) is 48.9 Å². The van der Waals surface area contributed by atoms with Crippen molar-refractivity contribution in [2.75, 3.05) is 27.2 Å². The van der Waals surface area contributed by atoms with Gasteiger partial charge in [0.25, 0.3) is 5.91 Å². The summed E-state index contributed by atoms with van der Waals surface area (Å²) in [6, 6.07) is 7.76. The van der Waals surface area contributed by atoms with E-state index in [1.54, 1.807) is 30.3 Å². The number of nitrogens with zero attached hydrogens (tertiary/aromatic N) is 3. The minimum Gasteiger partial charge on any atom is -0.357 e. The minimum absolute atomic E-state index is 0.0217. The molecule has 7 heteroatoms. The van der Waals surface area contributed by atoms with Gasteiger partial charge in [0.05, 0.1) is 6.54 Å². The number of guanidine groups is 1. The highest BCUT2D eigenvalue weighted by molar-refractivity contribution is 7.11. The van der Waals surface area contributed by atoms with Gasteiger partial charge in [-0.1, -0.05) is 12.1 Å². The highest BCUT2D eigenvalue weighted by atomic mass is 32.1. The summed E-state index contributed by atoms with van der Waals surface area (Å²) in [5.74, 6) is 0.800. The van der Waals surface area contributed by atoms with Crippen molar-refractivity contribution in [3.8, 4) is 0 Å². The maximum absolute atomic E-state index is 12.1. The van der Waals surface area contributed by atoms with Crippen molar-refractivity contribution in [2.45, 2.75) is 26.8 Å². The van der Waals surface area contributed by atoms with Gasteiger partial charge in [-0.15, -0.1) is 11.3 Å². The van der Waals surface area contributed by atoms with Crippen LogP contribution in [0.25, 0.3) is 0 Å². The zero-order chi connectivity index (χ0) is 18.9. The molecule has 140 valence electrons. The van der Waals surface area contributed by atoms with E-state index < -0.39 is 0 Å². The normalized spacial score (nSPS) is 11.3. The van der Waals surface area contributed by atoms with E-state index in [9.17, 15) is 4.79 Å². The molecular weight excluding hydrogens is 346 g/mol. The van der Waals surface area contributed by atoms with Crippen LogP contribution in [-0.2, 0) is 13.0 Å². The third kappa shape index (κ3) is 6.15. The maximum Gasteiger partial charge on any atom is 0.253 e. The van der Waals surface area contributed by atoms with Crippen LogP contribution in [0, 0.1) is 6.92 Å². The molecule has 6 nitrogen and oxygen atoms in total. The van der Waals surface area contributed by atoms with Crippen LogP contribution in [0.1, 0.15) is 32.7 Å². The SMILES string of the molecule is CCNC(=NCc1ncc(C)s1)NCCc1cccc(C(=O)N(C)C)c1. The van der Waals surface area contributed by atoms with Gasteiger partial charge in [0.2, 0.25) is 0 Å². The number of hydrogen-bond acceptors (Lipinski definition) is 4. The van der Waals surface area contributed by atoms with Crippen molar-refractivity contribution >= 4 is 23.2 Å². The number of aliphatic imine (C=N–C) groups is 1. The number of rotatable bonds is 7. The Morgan fingerprint density at radius 1 is 1.31 bits per heavy atom. The Labute approximate surface area is 159 Å². The van der Waals surface area contributed by atoms with E-state index >= 15 is 0 Å². The van der Waals surface area contributed by atoms with Crippen LogP contribution in [0.4, 0.5) is 0 Å². The van der Waals surface area contributed by atoms with Crippen molar-refractivity contribution in [1.29, 1.82) is 0 Å². The van der Waals surface area contributed by atoms with Gasteiger partial charge in [0.1, 0.15) is 5.01 Å². The molecular formula is C19H27N5OS. The highest BCUT2D eigenvalue weighted by Crippen LogP contribution is 2.12. The number of amides is 1. The van der Waals surface area contributed by atoms with Crippen molar-refractivity contribution in [3.63, 3.8) is 0 Å². The van der Waals surface area contributed by atoms with E-state index in [4.69, 9.17) is 0 Å². The molecule has 0 unspecified atom stereocenters. The minimum atomic E-state index is 0.0217. The summed E-state index contributed by atoms with van der Waals surface area (Å²) in [7, 11) is 3.53. The van der Waals surface area contributed by atoms with Crippen LogP contribution in [0.5, 0.6) is 0 Å². The molecule has 2 rings (SSSR count). The van der Waals surface area contributed by atoms with Gasteiger partial charge < -0.3 is 15.5 Å². The lowest BCUT2D eigenvalue weighted by Gasteiger charge is -2.13. The molecule has 0 aliphatic rings. The molecule has 2 N–H and O–H groups in total. The van der Waals surface area contributed by atoms with E-state index in [1.807, 2.05) is 44.3 Å². The second-order valence-electron chi connectivity index (χ2n) is 6.14. The zero-order valence-corrected chi connectivity index (χ0v) is 16.7. The van der Waals surface area contributed by atoms with Crippen LogP contribution in [0.3, 0.4) is 0 Å². The van der Waals surface area contributed by atoms with Crippen molar-refractivity contribution < 1.29 is 4.79 Å². The molecule has 2 aromatic rings. The Balaban J connectivity index is 1.91. The van der Waals surface area contributed by atoms with E-state index in [0.717, 1.165) is 36.0 Å². The number of aryl methyl sites for hydroxylation is 1. The molecule has 1 amide bonds. The largest absolute Gasteiger partial charge is 0.357 e. The average Bonchev–Trinajstić information content (AvgIpc) is 3.04. The Bertz CT molecular complexity index is 754. The second-order valence-corrected chi connectivity index (χ2v) is 7.46. The first-order valence-corrected chi connectivity index (χ1v) is 9.55. The number of nitrogens with one attached hydrogen (secondary N) is 2. The van der Waals surface area contributed by atoms with Crippen LogP contribution < -0.4 is 10.6 Å². The molecule has 1 aromatic heterocycles. The predicted molar refractivity (Wildman–Crippen MR) is 108 cm³/mol. The molecule has 0 aliphatic heterocycles. The Morgan fingerprint density at radius 3 is 2.77 bits per heavy atom. The number of thiazole rings is 1. The van der Waals surface area contributed by atoms with Gasteiger partial charge in [0.15, 0.2) is 5.96 Å². The van der Waals surface area contributed by atoms with Gasteiger partial charge in [-0.2, -0.15) is 0 Å². The molecule has 0 atom stereocenters. The molecule has 26 heavy (non-hydrogen) atoms. The van der Waals surface area contributed by atoms with Crippen LogP contribution in [0.15, 0.2) is 35.5 Å². The lowest BCUT2D eigenvalue weighted by atomic mass is 10.1. The first-order chi connectivity index (χ1) is 12.5. The van der Waals surface area contributed by atoms with Crippen LogP contribution >= 0.6 is 11.3 Å². The van der Waals surface area contributed by atoms with Gasteiger partial charge >= 0.3 is 0 Å². The molecule has 0 saturated carbocycles. The van der Waals surface area contributed by atoms with E-state index in [1.165, 1.54) is 4.88 Å². The van der Waals surface area contributed by atoms with Gasteiger partial charge in [0, 0.05) is 43.8 Å². The number of hydrogen-bond donors (Lipinski definition) is 2. The molecule has 0 saturated heterocycles. The molecule has 0 spiro atoms. The second kappa shape index (κ2) is 9.91. The third-order valence-electron chi connectivity index (χ3n) is 3.67. The molecule has 0 fully saturated rings. The molecule has 0 bridgehead atoms. The standard InChI is InChI=1S/C19H27N5OS/c1-5-20-19(23-13-17-22-12-14(2)26-17)21-10-9-15-7-6-8-16(11-15)18(25)24(3)4/h6-8,11-12H,5,9-10,13H2,1-4H3,(H2,20,21,23). The summed E-state index contributed by atoms with van der Waals surface area (Å²) in [6.45, 7) is 6.20. The summed E-state index contributed by atoms with van der Waals surface area (Å²) < 4.78 is 0. The molecule has 1 aromatic carbocycles. The summed E-state index contributed by atoms with van der Waals surface area (Å²) in [6.07, 6.45) is 2.69. The Hall–Kier alpha value is -2.41. The summed E-state index contributed by atoms with van der Waals surface area (Å²) in [5, 5.41) is 7.59. The van der Waals surface area contributed by atoms with Crippen molar-refractivity contribution in [1.82, 2.24) is 20.5 Å². The summed E-state index contributed by atoms with van der Waals surface area (Å²) in [5.41, 5.74) is 1.84. The third-order valence-corrected chi connectivity index (χ3v) is 4.57. The van der Waals surface area contributed by atoms with E-state index in [0.29, 0.717) is 12.1 Å². The number of carbonyl (C=O) groups excluding carboxylic acids is 1. The van der Waals surface area contributed by atoms with Crippen molar-refractivity contribution in [3.05, 3.63) is 51.5 Å². The van der Waals surface area contributed by atoms with Crippen LogP contribution in [0.2, 0.25) is 0 Å². The lowest BCUT2D eigenvalue weighted by molar-refractivity contribution is 0.0827. The van der Waals surface area contributed by atoms with Gasteiger partial charge in [-0.3, -0.25) is 4.79 Å². The fraction of sp³-hybridized carbons (Fsp3) is 0.421. The number of benzene rings is 1. The maximum atomic E-state index is 12.1. The highest BCUT2D eigenvalue weighted by Gasteiger charge is 2.08. The van der Waals surface area contributed by atoms with Gasteiger partial charge in [-0.05, 0) is 38.0 Å². The zero-order valence-electron chi connectivity index (χ0n) is 15.9. The first kappa shape index (κ1) is 19.9. The van der Waals surface area contributed by atoms with Gasteiger partial charge in [-0.25, -0.2) is 9.98 Å². The summed E-state index contributed by atoms with van der Waals surface area (Å²) in [4.78, 5) is 23.8. The topological polar surface area (TPSA) is 69.6 Å². The smallest absolute Gasteiger partial charge is 0.253 e. The molecule has 0 aliphatic carbocycles. The number of carbonyl (C=O) groups is 1.